The summed E-state index contributed by atoms with van der Waals surface area (Å²) in [5, 5.41) is 17.2. The van der Waals surface area contributed by atoms with Gasteiger partial charge in [-0.1, -0.05) is 24.3 Å². The number of allylic oxidation sites excluding steroid dienone is 1. The lowest BCUT2D eigenvalue weighted by atomic mass is 9.86. The first-order valence-corrected chi connectivity index (χ1v) is 14.1. The van der Waals surface area contributed by atoms with E-state index in [0.717, 1.165) is 43.2 Å². The van der Waals surface area contributed by atoms with E-state index in [0.29, 0.717) is 55.3 Å². The minimum absolute atomic E-state index is 0.0432. The third kappa shape index (κ3) is 5.78. The molecule has 1 aliphatic heterocycles. The molecule has 2 fully saturated rings. The average Bonchev–Trinajstić information content (AvgIpc) is 3.78. The average molecular weight is 547 g/mol. The van der Waals surface area contributed by atoms with Crippen molar-refractivity contribution in [1.82, 2.24) is 20.3 Å². The van der Waals surface area contributed by atoms with Gasteiger partial charge in [0.05, 0.1) is 23.5 Å². The maximum absolute atomic E-state index is 15.4. The van der Waals surface area contributed by atoms with Crippen molar-refractivity contribution in [3.63, 3.8) is 0 Å². The third-order valence-electron chi connectivity index (χ3n) is 8.09. The molecule has 1 saturated heterocycles. The van der Waals surface area contributed by atoms with Crippen LogP contribution in [0.5, 0.6) is 5.88 Å². The number of nitrogens with zero attached hydrogens (tertiary/aromatic N) is 4. The van der Waals surface area contributed by atoms with Gasteiger partial charge in [-0.3, -0.25) is 0 Å². The van der Waals surface area contributed by atoms with Gasteiger partial charge in [0.2, 0.25) is 5.88 Å². The maximum atomic E-state index is 15.4. The van der Waals surface area contributed by atoms with E-state index in [1.807, 2.05) is 25.1 Å². The van der Waals surface area contributed by atoms with E-state index in [-0.39, 0.29) is 11.6 Å². The minimum atomic E-state index is -2.89. The number of nitriles is 1. The molecule has 40 heavy (non-hydrogen) atoms. The lowest BCUT2D eigenvalue weighted by Crippen LogP contribution is -2.36. The fraction of sp³-hybridized carbons (Fsp3) is 0.484. The first-order chi connectivity index (χ1) is 19.4. The van der Waals surface area contributed by atoms with Crippen molar-refractivity contribution in [1.29, 1.82) is 5.26 Å². The van der Waals surface area contributed by atoms with E-state index in [4.69, 9.17) is 9.72 Å². The Balaban J connectivity index is 1.41. The van der Waals surface area contributed by atoms with E-state index < -0.39 is 17.3 Å². The monoisotopic (exact) mass is 546 g/mol. The zero-order chi connectivity index (χ0) is 28.2. The van der Waals surface area contributed by atoms with Crippen molar-refractivity contribution < 1.29 is 13.5 Å². The summed E-state index contributed by atoms with van der Waals surface area (Å²) >= 11 is 0. The molecular formula is C31H36F2N6O. The van der Waals surface area contributed by atoms with Crippen LogP contribution < -0.4 is 15.4 Å². The molecule has 1 aliphatic carbocycles. The van der Waals surface area contributed by atoms with Gasteiger partial charge in [-0.25, -0.2) is 18.7 Å². The number of aromatic nitrogens is 3. The first kappa shape index (κ1) is 27.9. The predicted octanol–water partition coefficient (Wildman–Crippen LogP) is 6.58. The second-order valence-electron chi connectivity index (χ2n) is 10.9. The topological polar surface area (TPSA) is 95.8 Å². The number of benzene rings is 1. The smallest absolute Gasteiger partial charge is 0.276 e. The number of pyridine rings is 1. The molecule has 1 aromatic carbocycles. The Bertz CT molecular complexity index is 1390. The molecule has 0 spiro atoms. The van der Waals surface area contributed by atoms with E-state index in [1.54, 1.807) is 12.1 Å². The minimum Gasteiger partial charge on any atom is -0.477 e. The number of unbranched alkanes of at least 4 members (excludes halogenated alkanes) is 2. The molecular weight excluding hydrogens is 510 g/mol. The van der Waals surface area contributed by atoms with Crippen molar-refractivity contribution >= 4 is 16.9 Å². The number of alkyl halides is 2. The van der Waals surface area contributed by atoms with Crippen LogP contribution in [-0.4, -0.2) is 34.6 Å². The van der Waals surface area contributed by atoms with Gasteiger partial charge in [0.25, 0.3) is 5.92 Å². The van der Waals surface area contributed by atoms with Crippen molar-refractivity contribution in [2.24, 2.45) is 5.92 Å². The molecule has 0 amide bonds. The van der Waals surface area contributed by atoms with E-state index in [1.165, 1.54) is 12.4 Å². The number of hydrogen-bond acceptors (Lipinski definition) is 7. The van der Waals surface area contributed by atoms with Gasteiger partial charge in [0.15, 0.2) is 5.65 Å². The van der Waals surface area contributed by atoms with Gasteiger partial charge in [0, 0.05) is 23.1 Å². The SMILES string of the molecule is C=CCCCCOc1nc2ncnc(N[C@H](C)c3cccc(C(F)(F)C4CCNCC4)c3)c2cc1C1(C#N)CC1. The fourth-order valence-electron chi connectivity index (χ4n) is 5.39. The first-order valence-electron chi connectivity index (χ1n) is 14.1. The second-order valence-corrected chi connectivity index (χ2v) is 10.9. The van der Waals surface area contributed by atoms with Gasteiger partial charge in [-0.15, -0.1) is 6.58 Å². The summed E-state index contributed by atoms with van der Waals surface area (Å²) in [7, 11) is 0. The van der Waals surface area contributed by atoms with Crippen LogP contribution in [-0.2, 0) is 11.3 Å². The third-order valence-corrected chi connectivity index (χ3v) is 8.09. The zero-order valence-electron chi connectivity index (χ0n) is 22.9. The molecule has 1 saturated carbocycles. The molecule has 2 aromatic heterocycles. The Morgan fingerprint density at radius 3 is 2.77 bits per heavy atom. The Morgan fingerprint density at radius 1 is 1.25 bits per heavy atom. The quantitative estimate of drug-likeness (QED) is 0.196. The fourth-order valence-corrected chi connectivity index (χ4v) is 5.39. The summed E-state index contributed by atoms with van der Waals surface area (Å²) < 4.78 is 36.8. The molecule has 3 aromatic rings. The number of fused-ring (bicyclic) bond motifs is 1. The molecule has 3 heterocycles. The Kier molecular flexibility index (Phi) is 8.27. The van der Waals surface area contributed by atoms with Crippen LogP contribution in [0.1, 0.15) is 74.6 Å². The van der Waals surface area contributed by atoms with Gasteiger partial charge in [-0.05, 0) is 82.7 Å². The van der Waals surface area contributed by atoms with Crippen LogP contribution in [0, 0.1) is 17.2 Å². The molecule has 0 bridgehead atoms. The lowest BCUT2D eigenvalue weighted by molar-refractivity contribution is -0.0754. The summed E-state index contributed by atoms with van der Waals surface area (Å²) in [4.78, 5) is 13.5. The largest absolute Gasteiger partial charge is 0.477 e. The van der Waals surface area contributed by atoms with Crippen molar-refractivity contribution in [2.45, 2.75) is 69.2 Å². The highest BCUT2D eigenvalue weighted by Crippen LogP contribution is 2.51. The highest BCUT2D eigenvalue weighted by atomic mass is 19.3. The normalized spacial score (nSPS) is 17.6. The van der Waals surface area contributed by atoms with Crippen LogP contribution in [0.3, 0.4) is 0 Å². The van der Waals surface area contributed by atoms with Crippen LogP contribution in [0.2, 0.25) is 0 Å². The molecule has 210 valence electrons. The molecule has 2 N–H and O–H groups in total. The molecule has 2 aliphatic rings. The molecule has 7 nitrogen and oxygen atoms in total. The highest BCUT2D eigenvalue weighted by Gasteiger charge is 2.48. The van der Waals surface area contributed by atoms with Gasteiger partial charge >= 0.3 is 0 Å². The van der Waals surface area contributed by atoms with Gasteiger partial charge in [0.1, 0.15) is 12.1 Å². The van der Waals surface area contributed by atoms with Gasteiger partial charge in [-0.2, -0.15) is 10.2 Å². The van der Waals surface area contributed by atoms with Crippen LogP contribution in [0.15, 0.2) is 49.3 Å². The summed E-state index contributed by atoms with van der Waals surface area (Å²) in [6.07, 6.45) is 8.46. The predicted molar refractivity (Wildman–Crippen MR) is 151 cm³/mol. The van der Waals surface area contributed by atoms with Crippen molar-refractivity contribution in [3.8, 4) is 11.9 Å². The highest BCUT2D eigenvalue weighted by molar-refractivity contribution is 5.88. The Hall–Kier alpha value is -3.64. The standard InChI is InChI=1S/C31H36F2N6O/c1-3-4-5-6-16-40-29-26(30(19-34)12-13-30)18-25-27(36-20-37-28(25)39-29)38-21(2)22-8-7-9-24(17-22)31(32,33)23-10-14-35-15-11-23/h3,7-9,17-18,20-21,23,35H,1,4-6,10-16H2,2H3,(H,36,37,38,39)/t21-/m1/s1. The molecule has 1 atom stereocenters. The van der Waals surface area contributed by atoms with Gasteiger partial charge < -0.3 is 15.4 Å². The summed E-state index contributed by atoms with van der Waals surface area (Å²) in [5.74, 6) is -2.59. The van der Waals surface area contributed by atoms with E-state index in [2.05, 4.69) is 33.2 Å². The number of halogens is 2. The molecule has 0 unspecified atom stereocenters. The lowest BCUT2D eigenvalue weighted by Gasteiger charge is -2.31. The molecule has 0 radical (unpaired) electrons. The number of ether oxygens (including phenoxy) is 1. The summed E-state index contributed by atoms with van der Waals surface area (Å²) in [6, 6.07) is 10.7. The van der Waals surface area contributed by atoms with Crippen molar-refractivity contribution in [2.75, 3.05) is 25.0 Å². The van der Waals surface area contributed by atoms with Crippen molar-refractivity contribution in [3.05, 3.63) is 66.0 Å². The molecule has 9 heteroatoms. The molecule has 5 rings (SSSR count). The number of piperidine rings is 1. The number of anilines is 1. The maximum Gasteiger partial charge on any atom is 0.276 e. The van der Waals surface area contributed by atoms with E-state index >= 15 is 8.78 Å². The summed E-state index contributed by atoms with van der Waals surface area (Å²) in [5.41, 5.74) is 1.36. The van der Waals surface area contributed by atoms with Crippen LogP contribution >= 0.6 is 0 Å². The zero-order valence-corrected chi connectivity index (χ0v) is 22.9. The van der Waals surface area contributed by atoms with E-state index in [9.17, 15) is 5.26 Å². The number of rotatable bonds is 12. The Labute approximate surface area is 234 Å². The number of nitrogens with one attached hydrogen (secondary N) is 2. The summed E-state index contributed by atoms with van der Waals surface area (Å²) in [6.45, 7) is 7.40. The van der Waals surface area contributed by atoms with Crippen LogP contribution in [0.4, 0.5) is 14.6 Å². The van der Waals surface area contributed by atoms with Crippen LogP contribution in [0.25, 0.3) is 11.0 Å². The number of hydrogen-bond donors (Lipinski definition) is 2. The second kappa shape index (κ2) is 11.8. The Morgan fingerprint density at radius 2 is 2.05 bits per heavy atom.